The van der Waals surface area contributed by atoms with Gasteiger partial charge in [-0.2, -0.15) is 0 Å². The molecule has 2 rings (SSSR count). The number of rotatable bonds is 5. The van der Waals surface area contributed by atoms with E-state index in [-0.39, 0.29) is 6.61 Å². The highest BCUT2D eigenvalue weighted by Gasteiger charge is 2.22. The smallest absolute Gasteiger partial charge is 0.151 e. The fraction of sp³-hybridized carbons (Fsp3) is 0.462. The molecule has 0 spiro atoms. The molecular formula is C13H18N2OS2. The second-order valence-electron chi connectivity index (χ2n) is 4.89. The van der Waals surface area contributed by atoms with Crippen LogP contribution in [0.4, 0.5) is 0 Å². The zero-order chi connectivity index (χ0) is 13.2. The summed E-state index contributed by atoms with van der Waals surface area (Å²) in [5.74, 6) is 0. The Hall–Kier alpha value is -0.620. The van der Waals surface area contributed by atoms with Gasteiger partial charge in [-0.15, -0.1) is 11.3 Å². The van der Waals surface area contributed by atoms with Crippen LogP contribution in [0.3, 0.4) is 0 Å². The molecule has 0 aliphatic rings. The van der Waals surface area contributed by atoms with Gasteiger partial charge in [0, 0.05) is 10.8 Å². The van der Waals surface area contributed by atoms with E-state index in [0.29, 0.717) is 5.25 Å². The molecule has 0 aliphatic heterocycles. The van der Waals surface area contributed by atoms with Crippen molar-refractivity contribution in [2.75, 3.05) is 6.61 Å². The standard InChI is InChI=1S/C13H18N2OS2/c1-9(7-13(2,14)8-16)17-12-15-10-5-3-4-6-11(10)18-12/h3-6,9,16H,7-8,14H2,1-2H3. The van der Waals surface area contributed by atoms with Crippen LogP contribution >= 0.6 is 23.1 Å². The van der Waals surface area contributed by atoms with E-state index in [1.165, 1.54) is 4.70 Å². The van der Waals surface area contributed by atoms with E-state index >= 15 is 0 Å². The van der Waals surface area contributed by atoms with E-state index in [0.717, 1.165) is 16.3 Å². The molecule has 2 aromatic rings. The van der Waals surface area contributed by atoms with E-state index in [2.05, 4.69) is 18.0 Å². The zero-order valence-corrected chi connectivity index (χ0v) is 12.2. The average molecular weight is 282 g/mol. The minimum Gasteiger partial charge on any atom is -0.394 e. The van der Waals surface area contributed by atoms with E-state index in [9.17, 15) is 5.11 Å². The van der Waals surface area contributed by atoms with Crippen LogP contribution in [0.2, 0.25) is 0 Å². The number of aliphatic hydroxyl groups excluding tert-OH is 1. The Morgan fingerprint density at radius 1 is 1.50 bits per heavy atom. The predicted octanol–water partition coefficient (Wildman–Crippen LogP) is 2.88. The quantitative estimate of drug-likeness (QED) is 0.828. The van der Waals surface area contributed by atoms with Crippen LogP contribution in [-0.4, -0.2) is 27.5 Å². The van der Waals surface area contributed by atoms with Crippen molar-refractivity contribution in [3.63, 3.8) is 0 Å². The van der Waals surface area contributed by atoms with Gasteiger partial charge in [0.05, 0.1) is 16.8 Å². The number of para-hydroxylation sites is 1. The summed E-state index contributed by atoms with van der Waals surface area (Å²) in [4.78, 5) is 4.59. The molecule has 0 fully saturated rings. The van der Waals surface area contributed by atoms with Crippen molar-refractivity contribution in [1.29, 1.82) is 0 Å². The second kappa shape index (κ2) is 5.57. The van der Waals surface area contributed by atoms with Crippen molar-refractivity contribution in [3.05, 3.63) is 24.3 Å². The number of aliphatic hydroxyl groups is 1. The van der Waals surface area contributed by atoms with Gasteiger partial charge in [0.15, 0.2) is 4.34 Å². The highest BCUT2D eigenvalue weighted by molar-refractivity contribution is 8.01. The average Bonchev–Trinajstić information content (AvgIpc) is 2.70. The van der Waals surface area contributed by atoms with Gasteiger partial charge in [-0.05, 0) is 25.5 Å². The van der Waals surface area contributed by atoms with Gasteiger partial charge in [-0.3, -0.25) is 0 Å². The summed E-state index contributed by atoms with van der Waals surface area (Å²) in [6, 6.07) is 8.15. The maximum atomic E-state index is 9.18. The number of nitrogens with two attached hydrogens (primary N) is 1. The Labute approximate surface area is 115 Å². The lowest BCUT2D eigenvalue weighted by atomic mass is 9.99. The van der Waals surface area contributed by atoms with Gasteiger partial charge < -0.3 is 10.8 Å². The summed E-state index contributed by atoms with van der Waals surface area (Å²) in [6.07, 6.45) is 0.768. The fourth-order valence-corrected chi connectivity index (χ4v) is 4.45. The van der Waals surface area contributed by atoms with Crippen molar-refractivity contribution >= 4 is 33.3 Å². The normalized spacial score (nSPS) is 16.7. The Morgan fingerprint density at radius 3 is 2.89 bits per heavy atom. The molecule has 0 bridgehead atoms. The molecule has 3 N–H and O–H groups in total. The predicted molar refractivity (Wildman–Crippen MR) is 79.2 cm³/mol. The fourth-order valence-electron chi connectivity index (χ4n) is 1.84. The Kier molecular flexibility index (Phi) is 4.27. The second-order valence-corrected chi connectivity index (χ2v) is 7.61. The van der Waals surface area contributed by atoms with Gasteiger partial charge in [0.25, 0.3) is 0 Å². The summed E-state index contributed by atoms with van der Waals surface area (Å²) in [7, 11) is 0. The van der Waals surface area contributed by atoms with Crippen LogP contribution in [0, 0.1) is 0 Å². The van der Waals surface area contributed by atoms with E-state index in [1.807, 2.05) is 25.1 Å². The molecule has 5 heteroatoms. The van der Waals surface area contributed by atoms with Crippen LogP contribution < -0.4 is 5.73 Å². The van der Waals surface area contributed by atoms with Crippen LogP contribution in [0.25, 0.3) is 10.2 Å². The molecule has 0 amide bonds. The van der Waals surface area contributed by atoms with Crippen molar-refractivity contribution in [3.8, 4) is 0 Å². The van der Waals surface area contributed by atoms with E-state index in [4.69, 9.17) is 5.73 Å². The first-order chi connectivity index (χ1) is 8.50. The van der Waals surface area contributed by atoms with Gasteiger partial charge in [-0.1, -0.05) is 30.8 Å². The molecule has 0 radical (unpaired) electrons. The summed E-state index contributed by atoms with van der Waals surface area (Å²) < 4.78 is 2.28. The number of benzene rings is 1. The van der Waals surface area contributed by atoms with Gasteiger partial charge in [-0.25, -0.2) is 4.98 Å². The molecule has 1 heterocycles. The summed E-state index contributed by atoms with van der Waals surface area (Å²) >= 11 is 3.44. The Balaban J connectivity index is 2.05. The molecule has 18 heavy (non-hydrogen) atoms. The third-order valence-corrected chi connectivity index (χ3v) is 4.92. The lowest BCUT2D eigenvalue weighted by Crippen LogP contribution is -2.42. The van der Waals surface area contributed by atoms with Crippen molar-refractivity contribution in [2.45, 2.75) is 35.4 Å². The SMILES string of the molecule is CC(CC(C)(N)CO)Sc1nc2ccccc2s1. The summed E-state index contributed by atoms with van der Waals surface area (Å²) in [6.45, 7) is 4.01. The maximum Gasteiger partial charge on any atom is 0.151 e. The molecule has 2 unspecified atom stereocenters. The number of hydrogen-bond acceptors (Lipinski definition) is 5. The Bertz CT molecular complexity index is 491. The molecule has 1 aromatic heterocycles. The third kappa shape index (κ3) is 3.45. The first-order valence-corrected chi connectivity index (χ1v) is 7.62. The van der Waals surface area contributed by atoms with E-state index < -0.39 is 5.54 Å². The molecule has 2 atom stereocenters. The third-order valence-electron chi connectivity index (χ3n) is 2.69. The minimum absolute atomic E-state index is 0.0117. The minimum atomic E-state index is -0.511. The maximum absolute atomic E-state index is 9.18. The number of hydrogen-bond donors (Lipinski definition) is 2. The lowest BCUT2D eigenvalue weighted by molar-refractivity contribution is 0.201. The number of fused-ring (bicyclic) bond motifs is 1. The lowest BCUT2D eigenvalue weighted by Gasteiger charge is -2.24. The highest BCUT2D eigenvalue weighted by atomic mass is 32.2. The summed E-state index contributed by atoms with van der Waals surface area (Å²) in [5, 5.41) is 9.52. The van der Waals surface area contributed by atoms with Gasteiger partial charge in [0.2, 0.25) is 0 Å². The Morgan fingerprint density at radius 2 is 2.22 bits per heavy atom. The molecule has 0 saturated heterocycles. The van der Waals surface area contributed by atoms with Crippen LogP contribution in [0.1, 0.15) is 20.3 Å². The molecule has 98 valence electrons. The molecular weight excluding hydrogens is 264 g/mol. The monoisotopic (exact) mass is 282 g/mol. The number of aromatic nitrogens is 1. The first kappa shape index (κ1) is 13.8. The van der Waals surface area contributed by atoms with Crippen molar-refractivity contribution in [1.82, 2.24) is 4.98 Å². The van der Waals surface area contributed by atoms with Crippen molar-refractivity contribution < 1.29 is 5.11 Å². The van der Waals surface area contributed by atoms with Gasteiger partial charge in [0.1, 0.15) is 0 Å². The first-order valence-electron chi connectivity index (χ1n) is 5.92. The van der Waals surface area contributed by atoms with Crippen LogP contribution in [0.15, 0.2) is 28.6 Å². The van der Waals surface area contributed by atoms with Crippen LogP contribution in [0.5, 0.6) is 0 Å². The molecule has 3 nitrogen and oxygen atoms in total. The van der Waals surface area contributed by atoms with Crippen molar-refractivity contribution in [2.24, 2.45) is 5.73 Å². The topological polar surface area (TPSA) is 59.1 Å². The molecule has 0 aliphatic carbocycles. The molecule has 0 saturated carbocycles. The number of nitrogens with zero attached hydrogens (tertiary/aromatic N) is 1. The number of thioether (sulfide) groups is 1. The van der Waals surface area contributed by atoms with E-state index in [1.54, 1.807) is 23.1 Å². The number of thiazole rings is 1. The summed E-state index contributed by atoms with van der Waals surface area (Å²) in [5.41, 5.74) is 6.51. The van der Waals surface area contributed by atoms with Crippen LogP contribution in [-0.2, 0) is 0 Å². The zero-order valence-electron chi connectivity index (χ0n) is 10.6. The highest BCUT2D eigenvalue weighted by Crippen LogP contribution is 2.33. The van der Waals surface area contributed by atoms with Gasteiger partial charge >= 0.3 is 0 Å². The largest absolute Gasteiger partial charge is 0.394 e. The molecule has 1 aromatic carbocycles.